The molecular formula is C16H23N3O3. The quantitative estimate of drug-likeness (QED) is 0.859. The summed E-state index contributed by atoms with van der Waals surface area (Å²) >= 11 is 0. The number of nitrogens with zero attached hydrogens (tertiary/aromatic N) is 2. The molecule has 3 atom stereocenters. The zero-order chi connectivity index (χ0) is 16.1. The minimum Gasteiger partial charge on any atom is -0.451 e. The highest BCUT2D eigenvalue weighted by molar-refractivity contribution is 5.89. The fraction of sp³-hybridized carbons (Fsp3) is 0.625. The molecule has 0 aromatic carbocycles. The summed E-state index contributed by atoms with van der Waals surface area (Å²) in [5.74, 6) is 0.146. The summed E-state index contributed by atoms with van der Waals surface area (Å²) in [4.78, 5) is 31.6. The SMILES string of the molecule is Cc1cnc(C(=O)OCC(=O)N[C@H]2CCC[C@H](C)[C@H]2C)cn1. The van der Waals surface area contributed by atoms with E-state index in [0.717, 1.165) is 18.5 Å². The Bertz CT molecular complexity index is 530. The first-order chi connectivity index (χ1) is 10.5. The van der Waals surface area contributed by atoms with Gasteiger partial charge >= 0.3 is 5.97 Å². The predicted octanol–water partition coefficient (Wildman–Crippen LogP) is 1.88. The molecular weight excluding hydrogens is 282 g/mol. The first-order valence-electron chi connectivity index (χ1n) is 7.72. The van der Waals surface area contributed by atoms with E-state index < -0.39 is 5.97 Å². The van der Waals surface area contributed by atoms with Gasteiger partial charge in [0.15, 0.2) is 12.3 Å². The molecule has 1 aliphatic rings. The van der Waals surface area contributed by atoms with Crippen LogP contribution in [-0.4, -0.2) is 34.5 Å². The maximum absolute atomic E-state index is 11.9. The Balaban J connectivity index is 1.80. The van der Waals surface area contributed by atoms with Crippen molar-refractivity contribution in [2.45, 2.75) is 46.1 Å². The van der Waals surface area contributed by atoms with E-state index >= 15 is 0 Å². The second-order valence-corrected chi connectivity index (χ2v) is 6.06. The van der Waals surface area contributed by atoms with E-state index in [1.807, 2.05) is 0 Å². The number of carbonyl (C=O) groups is 2. The lowest BCUT2D eigenvalue weighted by Gasteiger charge is -2.34. The third-order valence-corrected chi connectivity index (χ3v) is 4.38. The lowest BCUT2D eigenvalue weighted by Crippen LogP contribution is -2.45. The molecule has 1 fully saturated rings. The fourth-order valence-corrected chi connectivity index (χ4v) is 2.74. The lowest BCUT2D eigenvalue weighted by molar-refractivity contribution is -0.125. The van der Waals surface area contributed by atoms with Gasteiger partial charge < -0.3 is 10.1 Å². The number of amides is 1. The van der Waals surface area contributed by atoms with Gasteiger partial charge in [-0.15, -0.1) is 0 Å². The molecule has 22 heavy (non-hydrogen) atoms. The van der Waals surface area contributed by atoms with E-state index in [4.69, 9.17) is 4.74 Å². The topological polar surface area (TPSA) is 81.2 Å². The molecule has 0 saturated heterocycles. The zero-order valence-electron chi connectivity index (χ0n) is 13.3. The molecule has 6 nitrogen and oxygen atoms in total. The predicted molar refractivity (Wildman–Crippen MR) is 81.2 cm³/mol. The van der Waals surface area contributed by atoms with Gasteiger partial charge in [0.25, 0.3) is 5.91 Å². The molecule has 0 unspecified atom stereocenters. The Kier molecular flexibility index (Phi) is 5.46. The second kappa shape index (κ2) is 7.33. The van der Waals surface area contributed by atoms with Gasteiger partial charge in [-0.3, -0.25) is 9.78 Å². The van der Waals surface area contributed by atoms with Gasteiger partial charge in [0.2, 0.25) is 0 Å². The first kappa shape index (κ1) is 16.4. The maximum Gasteiger partial charge on any atom is 0.359 e. The molecule has 2 rings (SSSR count). The summed E-state index contributed by atoms with van der Waals surface area (Å²) in [6.45, 7) is 5.86. The van der Waals surface area contributed by atoms with Crippen LogP contribution in [-0.2, 0) is 9.53 Å². The first-order valence-corrected chi connectivity index (χ1v) is 7.72. The highest BCUT2D eigenvalue weighted by atomic mass is 16.5. The highest BCUT2D eigenvalue weighted by Crippen LogP contribution is 2.29. The van der Waals surface area contributed by atoms with Gasteiger partial charge in [-0.1, -0.05) is 26.7 Å². The number of hydrogen-bond acceptors (Lipinski definition) is 5. The van der Waals surface area contributed by atoms with Gasteiger partial charge in [-0.2, -0.15) is 0 Å². The molecule has 0 spiro atoms. The van der Waals surface area contributed by atoms with Crippen molar-refractivity contribution in [2.75, 3.05) is 6.61 Å². The number of aromatic nitrogens is 2. The molecule has 1 N–H and O–H groups in total. The van der Waals surface area contributed by atoms with Gasteiger partial charge in [0, 0.05) is 12.2 Å². The van der Waals surface area contributed by atoms with Crippen LogP contribution in [0.3, 0.4) is 0 Å². The van der Waals surface area contributed by atoms with E-state index in [1.54, 1.807) is 6.92 Å². The molecule has 1 heterocycles. The summed E-state index contributed by atoms with van der Waals surface area (Å²) in [6, 6.07) is 0.161. The van der Waals surface area contributed by atoms with Crippen molar-refractivity contribution in [3.63, 3.8) is 0 Å². The van der Waals surface area contributed by atoms with Crippen molar-refractivity contribution in [3.05, 3.63) is 23.8 Å². The molecule has 1 saturated carbocycles. The van der Waals surface area contributed by atoms with E-state index in [9.17, 15) is 9.59 Å². The van der Waals surface area contributed by atoms with Crippen LogP contribution in [0.15, 0.2) is 12.4 Å². The Hall–Kier alpha value is -1.98. The number of esters is 1. The molecule has 0 bridgehead atoms. The Morgan fingerprint density at radius 1 is 1.27 bits per heavy atom. The molecule has 1 aromatic rings. The minimum atomic E-state index is -0.632. The number of ether oxygens (including phenoxy) is 1. The number of carbonyl (C=O) groups excluding carboxylic acids is 2. The van der Waals surface area contributed by atoms with Crippen molar-refractivity contribution in [2.24, 2.45) is 11.8 Å². The molecule has 1 aromatic heterocycles. The summed E-state index contributed by atoms with van der Waals surface area (Å²) < 4.78 is 4.98. The Morgan fingerprint density at radius 2 is 2.05 bits per heavy atom. The van der Waals surface area contributed by atoms with Crippen LogP contribution in [0.4, 0.5) is 0 Å². The Morgan fingerprint density at radius 3 is 2.73 bits per heavy atom. The van der Waals surface area contributed by atoms with Crippen molar-refractivity contribution < 1.29 is 14.3 Å². The third-order valence-electron chi connectivity index (χ3n) is 4.38. The molecule has 6 heteroatoms. The Labute approximate surface area is 130 Å². The number of aryl methyl sites for hydroxylation is 1. The standard InChI is InChI=1S/C16H23N3O3/c1-10-5-4-6-13(12(10)3)19-15(20)9-22-16(21)14-8-17-11(2)7-18-14/h7-8,10,12-13H,4-6,9H2,1-3H3,(H,19,20)/t10-,12+,13-/m0/s1. The summed E-state index contributed by atoms with van der Waals surface area (Å²) in [5.41, 5.74) is 0.827. The lowest BCUT2D eigenvalue weighted by atomic mass is 9.78. The largest absolute Gasteiger partial charge is 0.451 e. The van der Waals surface area contributed by atoms with Crippen LogP contribution in [0.1, 0.15) is 49.3 Å². The summed E-state index contributed by atoms with van der Waals surface area (Å²) in [7, 11) is 0. The van der Waals surface area contributed by atoms with Crippen LogP contribution in [0.2, 0.25) is 0 Å². The molecule has 1 amide bonds. The van der Waals surface area contributed by atoms with E-state index in [1.165, 1.54) is 18.8 Å². The van der Waals surface area contributed by atoms with Crippen molar-refractivity contribution >= 4 is 11.9 Å². The van der Waals surface area contributed by atoms with Crippen LogP contribution < -0.4 is 5.32 Å². The van der Waals surface area contributed by atoms with Crippen LogP contribution in [0.5, 0.6) is 0 Å². The summed E-state index contributed by atoms with van der Waals surface area (Å²) in [6.07, 6.45) is 6.14. The average Bonchev–Trinajstić information content (AvgIpc) is 2.50. The van der Waals surface area contributed by atoms with Crippen molar-refractivity contribution in [3.8, 4) is 0 Å². The molecule has 0 aliphatic heterocycles. The molecule has 120 valence electrons. The van der Waals surface area contributed by atoms with Crippen LogP contribution in [0.25, 0.3) is 0 Å². The molecule has 1 aliphatic carbocycles. The van der Waals surface area contributed by atoms with Gasteiger partial charge in [0.05, 0.1) is 11.9 Å². The smallest absolute Gasteiger partial charge is 0.359 e. The van der Waals surface area contributed by atoms with Gasteiger partial charge in [-0.25, -0.2) is 9.78 Å². The maximum atomic E-state index is 11.9. The highest BCUT2D eigenvalue weighted by Gasteiger charge is 2.28. The van der Waals surface area contributed by atoms with E-state index in [-0.39, 0.29) is 24.2 Å². The monoisotopic (exact) mass is 305 g/mol. The zero-order valence-corrected chi connectivity index (χ0v) is 13.3. The van der Waals surface area contributed by atoms with Crippen molar-refractivity contribution in [1.82, 2.24) is 15.3 Å². The van der Waals surface area contributed by atoms with Gasteiger partial charge in [-0.05, 0) is 25.2 Å². The van der Waals surface area contributed by atoms with E-state index in [0.29, 0.717) is 11.8 Å². The average molecular weight is 305 g/mol. The van der Waals surface area contributed by atoms with Crippen LogP contribution in [0, 0.1) is 18.8 Å². The number of hydrogen-bond donors (Lipinski definition) is 1. The minimum absolute atomic E-state index is 0.109. The molecule has 0 radical (unpaired) electrons. The third kappa shape index (κ3) is 4.26. The number of rotatable bonds is 4. The fourth-order valence-electron chi connectivity index (χ4n) is 2.74. The van der Waals surface area contributed by atoms with E-state index in [2.05, 4.69) is 29.1 Å². The van der Waals surface area contributed by atoms with Crippen LogP contribution >= 0.6 is 0 Å². The summed E-state index contributed by atoms with van der Waals surface area (Å²) in [5, 5.41) is 2.96. The second-order valence-electron chi connectivity index (χ2n) is 6.06. The number of nitrogens with one attached hydrogen (secondary N) is 1. The normalized spacial score (nSPS) is 24.6. The van der Waals surface area contributed by atoms with Gasteiger partial charge in [0.1, 0.15) is 0 Å². The van der Waals surface area contributed by atoms with Crippen molar-refractivity contribution in [1.29, 1.82) is 0 Å².